The number of likely N-dealkylation sites (tertiary alicyclic amines) is 2. The van der Waals surface area contributed by atoms with Crippen molar-refractivity contribution in [1.82, 2.24) is 40.5 Å². The van der Waals surface area contributed by atoms with Gasteiger partial charge in [0.25, 0.3) is 0 Å². The minimum Gasteiger partial charge on any atom is -0.488 e. The summed E-state index contributed by atoms with van der Waals surface area (Å²) in [5.74, 6) is 2.24. The third kappa shape index (κ3) is 8.00. The van der Waals surface area contributed by atoms with Crippen molar-refractivity contribution in [3.63, 3.8) is 0 Å². The Balaban J connectivity index is 0.961. The van der Waals surface area contributed by atoms with Gasteiger partial charge in [-0.3, -0.25) is 9.59 Å². The fourth-order valence-corrected chi connectivity index (χ4v) is 10.9. The van der Waals surface area contributed by atoms with E-state index in [0.29, 0.717) is 19.4 Å². The highest BCUT2D eigenvalue weighted by Crippen LogP contribution is 2.44. The molecule has 4 aliphatic rings. The third-order valence-electron chi connectivity index (χ3n) is 14.4. The zero-order chi connectivity index (χ0) is 45.0. The quantitative estimate of drug-likeness (QED) is 0.0946. The van der Waals surface area contributed by atoms with E-state index in [1.165, 1.54) is 7.11 Å². The van der Waals surface area contributed by atoms with Crippen LogP contribution in [0.1, 0.15) is 116 Å². The number of imidazole rings is 2. The first-order valence-corrected chi connectivity index (χ1v) is 23.1. The van der Waals surface area contributed by atoms with E-state index in [-0.39, 0.29) is 60.0 Å². The first kappa shape index (κ1) is 43.7. The molecule has 0 aliphatic carbocycles. The second-order valence-corrected chi connectivity index (χ2v) is 18.7. The normalized spacial score (nSPS) is 25.7. The maximum absolute atomic E-state index is 14.5. The van der Waals surface area contributed by atoms with Crippen molar-refractivity contribution in [2.24, 2.45) is 11.8 Å². The molecule has 3 amide bonds. The Hall–Kier alpha value is -5.51. The van der Waals surface area contributed by atoms with E-state index < -0.39 is 18.2 Å². The number of aromatic nitrogens is 4. The van der Waals surface area contributed by atoms with Crippen LogP contribution in [-0.4, -0.2) is 98.2 Å². The average molecular weight is 875 g/mol. The molecule has 4 N–H and O–H groups in total. The molecule has 64 heavy (non-hydrogen) atoms. The fourth-order valence-electron chi connectivity index (χ4n) is 10.9. The predicted molar refractivity (Wildman–Crippen MR) is 243 cm³/mol. The van der Waals surface area contributed by atoms with Crippen LogP contribution in [0.15, 0.2) is 48.7 Å². The standard InChI is InChI=1S/C49H62N8O7/c1-9-25(2)42(55-62-8)47(58)57-27(4)11-17-40(57)46-51-37-15-13-30-21-36-34-14-12-31(20-33(34)24-63-41(36)22-35(30)44(37)53-46)38-23-50-45(52-38)39-16-10-26(3)56(39)48(59)43(54-49(60)61-7)32-18-28(5)64-29(6)19-32/h12-15,20-23,25-29,32,39-40,42-43,55H,9-11,16-19,24H2,1-8H3,(H,50,52)(H,51,53)(H,54,60)/t25-,26-,27-,28+,29+,39-,40-,42-,43-/m0/s1. The summed E-state index contributed by atoms with van der Waals surface area (Å²) in [6.07, 6.45) is 6.64. The lowest BCUT2D eigenvalue weighted by molar-refractivity contribution is -0.142. The summed E-state index contributed by atoms with van der Waals surface area (Å²) in [7, 11) is 2.88. The van der Waals surface area contributed by atoms with E-state index in [2.05, 4.69) is 84.9 Å². The first-order valence-electron chi connectivity index (χ1n) is 23.1. The maximum atomic E-state index is 14.5. The number of alkyl carbamates (subject to hydrolysis) is 1. The lowest BCUT2D eigenvalue weighted by Gasteiger charge is -2.39. The summed E-state index contributed by atoms with van der Waals surface area (Å²) < 4.78 is 17.4. The van der Waals surface area contributed by atoms with Gasteiger partial charge in [0.05, 0.1) is 61.4 Å². The van der Waals surface area contributed by atoms with E-state index >= 15 is 0 Å². The Labute approximate surface area is 374 Å². The number of nitrogens with zero attached hydrogens (tertiary/aromatic N) is 4. The van der Waals surface area contributed by atoms with Gasteiger partial charge >= 0.3 is 6.09 Å². The summed E-state index contributed by atoms with van der Waals surface area (Å²) in [4.78, 5) is 67.4. The Morgan fingerprint density at radius 1 is 0.875 bits per heavy atom. The second kappa shape index (κ2) is 17.8. The minimum atomic E-state index is -0.738. The van der Waals surface area contributed by atoms with Gasteiger partial charge in [0, 0.05) is 23.0 Å². The average Bonchev–Trinajstić information content (AvgIpc) is 4.11. The smallest absolute Gasteiger partial charge is 0.407 e. The molecule has 15 heteroatoms. The molecule has 9 rings (SSSR count). The van der Waals surface area contributed by atoms with E-state index in [4.69, 9.17) is 29.0 Å². The molecule has 3 saturated heterocycles. The van der Waals surface area contributed by atoms with Crippen LogP contribution in [0.4, 0.5) is 4.79 Å². The van der Waals surface area contributed by atoms with Gasteiger partial charge in [0.2, 0.25) is 11.8 Å². The van der Waals surface area contributed by atoms with Crippen molar-refractivity contribution in [3.8, 4) is 28.1 Å². The number of hydrogen-bond donors (Lipinski definition) is 4. The molecule has 340 valence electrons. The number of ether oxygens (including phenoxy) is 3. The van der Waals surface area contributed by atoms with Crippen LogP contribution in [0.5, 0.6) is 5.75 Å². The molecule has 2 aromatic heterocycles. The van der Waals surface area contributed by atoms with Gasteiger partial charge in [0.1, 0.15) is 36.1 Å². The molecular weight excluding hydrogens is 813 g/mol. The number of methoxy groups -OCH3 is 1. The van der Waals surface area contributed by atoms with Crippen LogP contribution in [-0.2, 0) is 30.5 Å². The highest BCUT2D eigenvalue weighted by Gasteiger charge is 2.45. The number of benzene rings is 3. The Morgan fingerprint density at radius 3 is 2.30 bits per heavy atom. The number of carbonyl (C=O) groups excluding carboxylic acids is 3. The number of nitrogens with one attached hydrogen (secondary N) is 4. The summed E-state index contributed by atoms with van der Waals surface area (Å²) in [6.45, 7) is 12.8. The molecule has 3 aromatic carbocycles. The van der Waals surface area contributed by atoms with Gasteiger partial charge in [-0.05, 0) is 124 Å². The molecule has 0 spiro atoms. The summed E-state index contributed by atoms with van der Waals surface area (Å²) >= 11 is 0. The van der Waals surface area contributed by atoms with Gasteiger partial charge in [0.15, 0.2) is 0 Å². The molecule has 9 atom stereocenters. The highest BCUT2D eigenvalue weighted by molar-refractivity contribution is 6.07. The largest absolute Gasteiger partial charge is 0.488 e. The number of hydroxylamine groups is 1. The van der Waals surface area contributed by atoms with Crippen LogP contribution < -0.4 is 15.5 Å². The lowest BCUT2D eigenvalue weighted by Crippen LogP contribution is -2.55. The van der Waals surface area contributed by atoms with Crippen molar-refractivity contribution >= 4 is 39.7 Å². The monoisotopic (exact) mass is 874 g/mol. The van der Waals surface area contributed by atoms with Crippen LogP contribution >= 0.6 is 0 Å². The Morgan fingerprint density at radius 2 is 1.59 bits per heavy atom. The fraction of sp³-hybridized carbons (Fsp3) is 0.531. The summed E-state index contributed by atoms with van der Waals surface area (Å²) in [6, 6.07) is 13.3. The van der Waals surface area contributed by atoms with Crippen LogP contribution in [0, 0.1) is 11.8 Å². The molecule has 3 fully saturated rings. The van der Waals surface area contributed by atoms with Gasteiger partial charge in [-0.15, -0.1) is 0 Å². The van der Waals surface area contributed by atoms with Crippen molar-refractivity contribution in [2.75, 3.05) is 14.2 Å². The number of amides is 3. The molecule has 0 bridgehead atoms. The second-order valence-electron chi connectivity index (χ2n) is 18.7. The minimum absolute atomic E-state index is 0.0232. The molecule has 5 aromatic rings. The van der Waals surface area contributed by atoms with E-state index in [0.717, 1.165) is 99.3 Å². The Kier molecular flexibility index (Phi) is 12.2. The van der Waals surface area contributed by atoms with Crippen LogP contribution in [0.3, 0.4) is 0 Å². The molecule has 4 aliphatic heterocycles. The lowest BCUT2D eigenvalue weighted by atomic mass is 9.85. The maximum Gasteiger partial charge on any atom is 0.407 e. The number of fused-ring (bicyclic) bond motifs is 6. The highest BCUT2D eigenvalue weighted by atomic mass is 16.6. The van der Waals surface area contributed by atoms with Crippen LogP contribution in [0.2, 0.25) is 0 Å². The zero-order valence-electron chi connectivity index (χ0n) is 38.2. The number of H-pyrrole nitrogens is 2. The number of carbonyl (C=O) groups is 3. The Bertz CT molecular complexity index is 2540. The third-order valence-corrected chi connectivity index (χ3v) is 14.4. The summed E-state index contributed by atoms with van der Waals surface area (Å²) in [5.41, 5.74) is 9.76. The summed E-state index contributed by atoms with van der Waals surface area (Å²) in [5, 5.41) is 4.96. The van der Waals surface area contributed by atoms with E-state index in [9.17, 15) is 14.4 Å². The number of rotatable bonds is 11. The van der Waals surface area contributed by atoms with Gasteiger partial charge in [-0.2, -0.15) is 5.48 Å². The zero-order valence-corrected chi connectivity index (χ0v) is 38.2. The van der Waals surface area contributed by atoms with Crippen molar-refractivity contribution < 1.29 is 33.4 Å². The number of aromatic amines is 2. The van der Waals surface area contributed by atoms with Crippen molar-refractivity contribution in [2.45, 2.75) is 142 Å². The molecule has 6 heterocycles. The van der Waals surface area contributed by atoms with Crippen molar-refractivity contribution in [3.05, 3.63) is 65.9 Å². The van der Waals surface area contributed by atoms with E-state index in [1.807, 2.05) is 35.9 Å². The van der Waals surface area contributed by atoms with Gasteiger partial charge in [-0.25, -0.2) is 14.8 Å². The molecule has 0 saturated carbocycles. The van der Waals surface area contributed by atoms with Crippen molar-refractivity contribution in [1.29, 1.82) is 0 Å². The number of hydrogen-bond acceptors (Lipinski definition) is 10. The molecule has 15 nitrogen and oxygen atoms in total. The van der Waals surface area contributed by atoms with Gasteiger partial charge in [-0.1, -0.05) is 38.5 Å². The SMILES string of the molecule is CC[C@H](C)[C@H](NOC)C(=O)N1[C@@H](C)CC[C@H]1c1nc2ccc3cc4c(cc3c2[nH]1)OCc1cc(-c2cnc([C@@H]3CC[C@H](C)N3C(=O)[C@@H](NC(=O)OC)C3C[C@@H](C)O[C@H](C)C3)[nH]2)ccc1-4. The molecule has 0 radical (unpaired) electrons. The topological polar surface area (TPSA) is 176 Å². The van der Waals surface area contributed by atoms with Crippen LogP contribution in [0.25, 0.3) is 44.2 Å². The molecular formula is C49H62N8O7. The predicted octanol–water partition coefficient (Wildman–Crippen LogP) is 8.26. The molecule has 0 unspecified atom stereocenters. The van der Waals surface area contributed by atoms with Gasteiger partial charge < -0.3 is 44.1 Å². The van der Waals surface area contributed by atoms with E-state index in [1.54, 1.807) is 7.11 Å². The first-order chi connectivity index (χ1) is 30.9.